The number of carbonyl (C=O) groups excluding carboxylic acids is 2. The highest BCUT2D eigenvalue weighted by Crippen LogP contribution is 2.17. The Bertz CT molecular complexity index is 1020. The van der Waals surface area contributed by atoms with Crippen molar-refractivity contribution in [2.24, 2.45) is 0 Å². The Balaban J connectivity index is 1.58. The highest BCUT2D eigenvalue weighted by Gasteiger charge is 2.18. The number of aromatic nitrogens is 4. The number of carbonyl (C=O) groups is 2. The molecule has 0 spiro atoms. The second-order valence-corrected chi connectivity index (χ2v) is 6.53. The zero-order valence-electron chi connectivity index (χ0n) is 17.0. The van der Waals surface area contributed by atoms with E-state index in [0.29, 0.717) is 11.5 Å². The van der Waals surface area contributed by atoms with E-state index in [1.54, 1.807) is 0 Å². The minimum absolute atomic E-state index is 0.137. The molecule has 0 aliphatic heterocycles. The lowest BCUT2D eigenvalue weighted by molar-refractivity contribution is -0.119. The first-order chi connectivity index (χ1) is 13.9. The molecule has 2 heterocycles. The van der Waals surface area contributed by atoms with Crippen molar-refractivity contribution in [3.8, 4) is 0 Å². The van der Waals surface area contributed by atoms with Gasteiger partial charge >= 0.3 is 5.97 Å². The number of nitrogens with zero attached hydrogens (tertiary/aromatic N) is 5. The largest absolute Gasteiger partial charge is 0.450 e. The molecule has 0 bridgehead atoms. The molecule has 0 aliphatic carbocycles. The van der Waals surface area contributed by atoms with Crippen LogP contribution in [0.15, 0.2) is 30.3 Å². The molecule has 0 radical (unpaired) electrons. The molecular formula is C20H24N6O3. The van der Waals surface area contributed by atoms with Crippen molar-refractivity contribution >= 4 is 29.0 Å². The normalized spacial score (nSPS) is 10.8. The Morgan fingerprint density at radius 2 is 1.79 bits per heavy atom. The van der Waals surface area contributed by atoms with Gasteiger partial charge in [0.05, 0.1) is 0 Å². The Labute approximate surface area is 168 Å². The summed E-state index contributed by atoms with van der Waals surface area (Å²) in [6, 6.07) is 9.33. The molecule has 0 fully saturated rings. The van der Waals surface area contributed by atoms with Gasteiger partial charge in [0.25, 0.3) is 17.5 Å². The SMILES string of the molecule is CCN(CC)c1ccc(NC(=O)COC(=O)c2nc3nc(C)cc(C)n3n2)cc1. The van der Waals surface area contributed by atoms with Crippen LogP contribution in [0.4, 0.5) is 11.4 Å². The number of esters is 1. The predicted molar refractivity (Wildman–Crippen MR) is 109 cm³/mol. The molecule has 0 saturated carbocycles. The minimum atomic E-state index is -0.778. The monoisotopic (exact) mass is 396 g/mol. The van der Waals surface area contributed by atoms with Crippen LogP contribution >= 0.6 is 0 Å². The Morgan fingerprint density at radius 1 is 1.10 bits per heavy atom. The number of hydrogen-bond acceptors (Lipinski definition) is 7. The van der Waals surface area contributed by atoms with Gasteiger partial charge in [0, 0.05) is 35.9 Å². The summed E-state index contributed by atoms with van der Waals surface area (Å²) in [4.78, 5) is 34.8. The Hall–Kier alpha value is -3.49. The number of amides is 1. The van der Waals surface area contributed by atoms with Crippen LogP contribution < -0.4 is 10.2 Å². The van der Waals surface area contributed by atoms with Gasteiger partial charge in [-0.3, -0.25) is 4.79 Å². The molecule has 2 aromatic heterocycles. The maximum atomic E-state index is 12.2. The smallest absolute Gasteiger partial charge is 0.378 e. The van der Waals surface area contributed by atoms with E-state index in [9.17, 15) is 9.59 Å². The maximum Gasteiger partial charge on any atom is 0.378 e. The van der Waals surface area contributed by atoms with Gasteiger partial charge in [-0.05, 0) is 58.0 Å². The number of nitrogens with one attached hydrogen (secondary N) is 1. The third-order valence-electron chi connectivity index (χ3n) is 4.41. The van der Waals surface area contributed by atoms with E-state index in [2.05, 4.69) is 39.1 Å². The van der Waals surface area contributed by atoms with Gasteiger partial charge in [-0.2, -0.15) is 4.98 Å². The van der Waals surface area contributed by atoms with E-state index < -0.39 is 18.5 Å². The standard InChI is InChI=1S/C20H24N6O3/c1-5-25(6-2)16-9-7-15(8-10-16)22-17(27)12-29-19(28)18-23-20-21-13(3)11-14(4)26(20)24-18/h7-11H,5-6,12H2,1-4H3,(H,22,27). The van der Waals surface area contributed by atoms with Crippen molar-refractivity contribution in [3.05, 3.63) is 47.5 Å². The molecule has 1 aromatic carbocycles. The van der Waals surface area contributed by atoms with Crippen LogP contribution in [-0.4, -0.2) is 51.2 Å². The predicted octanol–water partition coefficient (Wildman–Crippen LogP) is 2.38. The summed E-state index contributed by atoms with van der Waals surface area (Å²) >= 11 is 0. The van der Waals surface area contributed by atoms with Crippen molar-refractivity contribution in [2.75, 3.05) is 29.9 Å². The van der Waals surface area contributed by atoms with Crippen LogP contribution in [0, 0.1) is 13.8 Å². The Morgan fingerprint density at radius 3 is 2.45 bits per heavy atom. The topological polar surface area (TPSA) is 102 Å². The molecule has 0 aliphatic rings. The number of hydrogen-bond donors (Lipinski definition) is 1. The third kappa shape index (κ3) is 4.68. The van der Waals surface area contributed by atoms with Crippen LogP contribution in [0.2, 0.25) is 0 Å². The van der Waals surface area contributed by atoms with Gasteiger partial charge in [0.15, 0.2) is 6.61 Å². The zero-order chi connectivity index (χ0) is 21.0. The summed E-state index contributed by atoms with van der Waals surface area (Å²) in [5.74, 6) is -1.04. The molecule has 0 saturated heterocycles. The van der Waals surface area contributed by atoms with Crippen LogP contribution in [0.25, 0.3) is 5.78 Å². The maximum absolute atomic E-state index is 12.2. The van der Waals surface area contributed by atoms with Crippen LogP contribution in [0.1, 0.15) is 35.9 Å². The summed E-state index contributed by atoms with van der Waals surface area (Å²) in [5.41, 5.74) is 3.28. The molecule has 0 unspecified atom stereocenters. The van der Waals surface area contributed by atoms with E-state index in [1.807, 2.05) is 44.2 Å². The lowest BCUT2D eigenvalue weighted by Crippen LogP contribution is -2.22. The molecule has 1 amide bonds. The second kappa shape index (κ2) is 8.68. The first-order valence-electron chi connectivity index (χ1n) is 9.44. The zero-order valence-corrected chi connectivity index (χ0v) is 17.0. The quantitative estimate of drug-likeness (QED) is 0.612. The fourth-order valence-corrected chi connectivity index (χ4v) is 2.99. The fraction of sp³-hybridized carbons (Fsp3) is 0.350. The summed E-state index contributed by atoms with van der Waals surface area (Å²) < 4.78 is 6.49. The van der Waals surface area contributed by atoms with E-state index >= 15 is 0 Å². The van der Waals surface area contributed by atoms with Gasteiger partial charge in [-0.1, -0.05) is 0 Å². The highest BCUT2D eigenvalue weighted by atomic mass is 16.5. The summed E-state index contributed by atoms with van der Waals surface area (Å²) in [6.45, 7) is 9.22. The van der Waals surface area contributed by atoms with E-state index in [4.69, 9.17) is 4.74 Å². The fourth-order valence-electron chi connectivity index (χ4n) is 2.99. The van der Waals surface area contributed by atoms with Gasteiger partial charge < -0.3 is 15.0 Å². The lowest BCUT2D eigenvalue weighted by atomic mass is 10.2. The molecule has 9 heteroatoms. The first kappa shape index (κ1) is 20.2. The average Bonchev–Trinajstić information content (AvgIpc) is 3.13. The number of ether oxygens (including phenoxy) is 1. The number of rotatable bonds is 7. The number of anilines is 2. The Kier molecular flexibility index (Phi) is 6.06. The van der Waals surface area contributed by atoms with E-state index in [0.717, 1.165) is 30.2 Å². The summed E-state index contributed by atoms with van der Waals surface area (Å²) in [6.07, 6.45) is 0. The van der Waals surface area contributed by atoms with E-state index in [-0.39, 0.29) is 5.82 Å². The van der Waals surface area contributed by atoms with Crippen LogP contribution in [0.3, 0.4) is 0 Å². The van der Waals surface area contributed by atoms with E-state index in [1.165, 1.54) is 4.52 Å². The van der Waals surface area contributed by atoms with Gasteiger partial charge in [-0.15, -0.1) is 5.10 Å². The molecule has 152 valence electrons. The van der Waals surface area contributed by atoms with Gasteiger partial charge in [-0.25, -0.2) is 14.3 Å². The van der Waals surface area contributed by atoms with Gasteiger partial charge in [0.2, 0.25) is 0 Å². The third-order valence-corrected chi connectivity index (χ3v) is 4.41. The number of aryl methyl sites for hydroxylation is 2. The molecule has 3 aromatic rings. The van der Waals surface area contributed by atoms with Crippen molar-refractivity contribution in [3.63, 3.8) is 0 Å². The molecular weight excluding hydrogens is 372 g/mol. The van der Waals surface area contributed by atoms with Crippen LogP contribution in [0.5, 0.6) is 0 Å². The molecule has 3 rings (SSSR count). The molecule has 29 heavy (non-hydrogen) atoms. The van der Waals surface area contributed by atoms with Crippen molar-refractivity contribution in [2.45, 2.75) is 27.7 Å². The summed E-state index contributed by atoms with van der Waals surface area (Å²) in [7, 11) is 0. The average molecular weight is 396 g/mol. The second-order valence-electron chi connectivity index (χ2n) is 6.53. The van der Waals surface area contributed by atoms with Crippen molar-refractivity contribution in [1.29, 1.82) is 0 Å². The van der Waals surface area contributed by atoms with Crippen molar-refractivity contribution in [1.82, 2.24) is 19.6 Å². The first-order valence-corrected chi connectivity index (χ1v) is 9.44. The van der Waals surface area contributed by atoms with Gasteiger partial charge in [0.1, 0.15) is 0 Å². The molecule has 9 nitrogen and oxygen atoms in total. The highest BCUT2D eigenvalue weighted by molar-refractivity contribution is 5.94. The van der Waals surface area contributed by atoms with Crippen molar-refractivity contribution < 1.29 is 14.3 Å². The van der Waals surface area contributed by atoms with Crippen LogP contribution in [-0.2, 0) is 9.53 Å². The number of benzene rings is 1. The summed E-state index contributed by atoms with van der Waals surface area (Å²) in [5, 5.41) is 6.79. The molecule has 1 N–H and O–H groups in total. The lowest BCUT2D eigenvalue weighted by Gasteiger charge is -2.21. The minimum Gasteiger partial charge on any atom is -0.450 e. The molecule has 0 atom stereocenters. The number of fused-ring (bicyclic) bond motifs is 1.